The van der Waals surface area contributed by atoms with Gasteiger partial charge in [0.2, 0.25) is 0 Å². The van der Waals surface area contributed by atoms with Gasteiger partial charge in [-0.2, -0.15) is 0 Å². The molecular formula is C14H25BrO3. The fraction of sp³-hybridized carbons (Fsp3) is 1.00. The van der Waals surface area contributed by atoms with E-state index in [1.807, 2.05) is 0 Å². The Labute approximate surface area is 119 Å². The van der Waals surface area contributed by atoms with Gasteiger partial charge in [-0.25, -0.2) is 0 Å². The highest BCUT2D eigenvalue weighted by Crippen LogP contribution is 2.36. The zero-order chi connectivity index (χ0) is 13.0. The van der Waals surface area contributed by atoms with Crippen molar-refractivity contribution in [3.8, 4) is 0 Å². The normalized spacial score (nSPS) is 40.5. The Morgan fingerprint density at radius 2 is 1.94 bits per heavy atom. The Kier molecular flexibility index (Phi) is 5.93. The van der Waals surface area contributed by atoms with Crippen LogP contribution in [0, 0.1) is 0 Å². The average molecular weight is 321 g/mol. The number of methoxy groups -OCH3 is 1. The number of hydrogen-bond donors (Lipinski definition) is 0. The summed E-state index contributed by atoms with van der Waals surface area (Å²) in [7, 11) is 1.80. The van der Waals surface area contributed by atoms with E-state index in [0.29, 0.717) is 17.0 Å². The van der Waals surface area contributed by atoms with Crippen molar-refractivity contribution in [2.75, 3.05) is 13.7 Å². The second-order valence-corrected chi connectivity index (χ2v) is 6.58. The van der Waals surface area contributed by atoms with Crippen molar-refractivity contribution in [3.63, 3.8) is 0 Å². The van der Waals surface area contributed by atoms with Crippen LogP contribution >= 0.6 is 15.9 Å². The van der Waals surface area contributed by atoms with Crippen molar-refractivity contribution in [2.45, 2.75) is 74.7 Å². The molecule has 106 valence electrons. The van der Waals surface area contributed by atoms with E-state index in [2.05, 4.69) is 22.9 Å². The lowest BCUT2D eigenvalue weighted by molar-refractivity contribution is -0.159. The molecular weight excluding hydrogens is 296 g/mol. The number of hydrogen-bond acceptors (Lipinski definition) is 3. The van der Waals surface area contributed by atoms with Crippen molar-refractivity contribution in [1.82, 2.24) is 0 Å². The van der Waals surface area contributed by atoms with E-state index >= 15 is 0 Å². The molecule has 0 N–H and O–H groups in total. The molecule has 2 fully saturated rings. The van der Waals surface area contributed by atoms with Gasteiger partial charge in [0, 0.05) is 18.5 Å². The Hall–Kier alpha value is 0.360. The summed E-state index contributed by atoms with van der Waals surface area (Å²) in [5.41, 5.74) is 0. The third-order valence-corrected chi connectivity index (χ3v) is 4.87. The lowest BCUT2D eigenvalue weighted by Crippen LogP contribution is -2.52. The van der Waals surface area contributed by atoms with Crippen LogP contribution in [0.3, 0.4) is 0 Å². The standard InChI is InChI=1S/C14H25BrO3/c1-3-7-17-14-12(15)9-13(14)18-11-6-4-5-10(8-11)16-2/h10-14H,3-9H2,1-2H3. The largest absolute Gasteiger partial charge is 0.381 e. The molecule has 3 nitrogen and oxygen atoms in total. The van der Waals surface area contributed by atoms with Crippen LogP contribution in [0.4, 0.5) is 0 Å². The van der Waals surface area contributed by atoms with Gasteiger partial charge in [0.25, 0.3) is 0 Å². The minimum Gasteiger partial charge on any atom is -0.381 e. The van der Waals surface area contributed by atoms with Crippen LogP contribution in [0.25, 0.3) is 0 Å². The smallest absolute Gasteiger partial charge is 0.0962 e. The molecule has 0 bridgehead atoms. The van der Waals surface area contributed by atoms with Gasteiger partial charge in [-0.1, -0.05) is 22.9 Å². The first-order valence-electron chi connectivity index (χ1n) is 7.18. The molecule has 2 rings (SSSR count). The first kappa shape index (κ1) is 14.8. The van der Waals surface area contributed by atoms with Gasteiger partial charge in [0.15, 0.2) is 0 Å². The third kappa shape index (κ3) is 3.69. The van der Waals surface area contributed by atoms with Crippen molar-refractivity contribution >= 4 is 15.9 Å². The topological polar surface area (TPSA) is 27.7 Å². The Bertz CT molecular complexity index is 249. The quantitative estimate of drug-likeness (QED) is 0.703. The molecule has 2 saturated carbocycles. The summed E-state index contributed by atoms with van der Waals surface area (Å²) in [6.07, 6.45) is 8.02. The average Bonchev–Trinajstić information content (AvgIpc) is 2.39. The van der Waals surface area contributed by atoms with Gasteiger partial charge in [0.05, 0.1) is 24.4 Å². The molecule has 0 heterocycles. The molecule has 2 aliphatic rings. The van der Waals surface area contributed by atoms with Gasteiger partial charge < -0.3 is 14.2 Å². The highest BCUT2D eigenvalue weighted by atomic mass is 79.9. The van der Waals surface area contributed by atoms with Crippen LogP contribution in [-0.4, -0.2) is 43.0 Å². The summed E-state index contributed by atoms with van der Waals surface area (Å²) in [6, 6.07) is 0. The summed E-state index contributed by atoms with van der Waals surface area (Å²) in [4.78, 5) is 0.468. The molecule has 0 amide bonds. The number of ether oxygens (including phenoxy) is 3. The molecule has 5 atom stereocenters. The second-order valence-electron chi connectivity index (χ2n) is 5.41. The molecule has 0 saturated heterocycles. The monoisotopic (exact) mass is 320 g/mol. The maximum absolute atomic E-state index is 6.20. The fourth-order valence-electron chi connectivity index (χ4n) is 2.81. The lowest BCUT2D eigenvalue weighted by atomic mass is 9.89. The van der Waals surface area contributed by atoms with Crippen LogP contribution in [0.15, 0.2) is 0 Å². The minimum absolute atomic E-state index is 0.243. The van der Waals surface area contributed by atoms with Crippen LogP contribution in [-0.2, 0) is 14.2 Å². The highest BCUT2D eigenvalue weighted by Gasteiger charge is 2.42. The first-order chi connectivity index (χ1) is 8.74. The third-order valence-electron chi connectivity index (χ3n) is 3.97. The highest BCUT2D eigenvalue weighted by molar-refractivity contribution is 9.09. The predicted octanol–water partition coefficient (Wildman–Crippen LogP) is 3.29. The number of alkyl halides is 1. The molecule has 2 aliphatic carbocycles. The Morgan fingerprint density at radius 1 is 1.17 bits per heavy atom. The Balaban J connectivity index is 1.75. The van der Waals surface area contributed by atoms with Crippen molar-refractivity contribution in [2.24, 2.45) is 0 Å². The molecule has 18 heavy (non-hydrogen) atoms. The molecule has 5 unspecified atom stereocenters. The summed E-state index contributed by atoms with van der Waals surface area (Å²) in [6.45, 7) is 2.97. The van der Waals surface area contributed by atoms with E-state index in [-0.39, 0.29) is 12.2 Å². The van der Waals surface area contributed by atoms with Gasteiger partial charge in [-0.15, -0.1) is 0 Å². The minimum atomic E-state index is 0.243. The van der Waals surface area contributed by atoms with E-state index in [4.69, 9.17) is 14.2 Å². The summed E-state index contributed by atoms with van der Waals surface area (Å²) < 4.78 is 17.5. The van der Waals surface area contributed by atoms with E-state index in [1.165, 1.54) is 19.3 Å². The summed E-state index contributed by atoms with van der Waals surface area (Å²) in [5, 5.41) is 0. The number of halogens is 1. The molecule has 0 aromatic heterocycles. The van der Waals surface area contributed by atoms with Crippen LogP contribution in [0.1, 0.15) is 45.4 Å². The van der Waals surface area contributed by atoms with Crippen molar-refractivity contribution < 1.29 is 14.2 Å². The second kappa shape index (κ2) is 7.22. The van der Waals surface area contributed by atoms with Gasteiger partial charge in [0.1, 0.15) is 0 Å². The molecule has 0 radical (unpaired) electrons. The van der Waals surface area contributed by atoms with Gasteiger partial charge >= 0.3 is 0 Å². The molecule has 0 aromatic carbocycles. The Morgan fingerprint density at radius 3 is 2.61 bits per heavy atom. The summed E-state index contributed by atoms with van der Waals surface area (Å²) >= 11 is 3.66. The maximum atomic E-state index is 6.20. The lowest BCUT2D eigenvalue weighted by Gasteiger charge is -2.43. The molecule has 4 heteroatoms. The van der Waals surface area contributed by atoms with E-state index in [0.717, 1.165) is 25.9 Å². The van der Waals surface area contributed by atoms with Gasteiger partial charge in [-0.3, -0.25) is 0 Å². The van der Waals surface area contributed by atoms with Gasteiger partial charge in [-0.05, 0) is 38.5 Å². The first-order valence-corrected chi connectivity index (χ1v) is 8.10. The van der Waals surface area contributed by atoms with E-state index in [1.54, 1.807) is 7.11 Å². The SMILES string of the molecule is CCCOC1C(Br)CC1OC1CCCC(OC)C1. The molecule has 0 spiro atoms. The zero-order valence-corrected chi connectivity index (χ0v) is 13.0. The summed E-state index contributed by atoms with van der Waals surface area (Å²) in [5.74, 6) is 0. The van der Waals surface area contributed by atoms with Crippen molar-refractivity contribution in [1.29, 1.82) is 0 Å². The molecule has 0 aromatic rings. The zero-order valence-electron chi connectivity index (χ0n) is 11.4. The van der Waals surface area contributed by atoms with Crippen LogP contribution < -0.4 is 0 Å². The number of rotatable bonds is 6. The molecule has 0 aliphatic heterocycles. The maximum Gasteiger partial charge on any atom is 0.0962 e. The van der Waals surface area contributed by atoms with E-state index < -0.39 is 0 Å². The van der Waals surface area contributed by atoms with Crippen LogP contribution in [0.2, 0.25) is 0 Å². The van der Waals surface area contributed by atoms with E-state index in [9.17, 15) is 0 Å². The van der Waals surface area contributed by atoms with Crippen LogP contribution in [0.5, 0.6) is 0 Å². The fourth-order valence-corrected chi connectivity index (χ4v) is 3.67. The predicted molar refractivity (Wildman–Crippen MR) is 75.3 cm³/mol. The van der Waals surface area contributed by atoms with Crippen molar-refractivity contribution in [3.05, 3.63) is 0 Å².